The first-order chi connectivity index (χ1) is 15.1. The molecule has 0 saturated heterocycles. The van der Waals surface area contributed by atoms with Crippen molar-refractivity contribution in [3.8, 4) is 11.1 Å². The van der Waals surface area contributed by atoms with E-state index in [4.69, 9.17) is 0 Å². The maximum Gasteiger partial charge on any atom is 0.232 e. The predicted octanol–water partition coefficient (Wildman–Crippen LogP) is 6.57. The Morgan fingerprint density at radius 3 is 2.65 bits per heavy atom. The molecule has 1 atom stereocenters. The third kappa shape index (κ3) is 4.38. The lowest BCUT2D eigenvalue weighted by atomic mass is 9.89. The van der Waals surface area contributed by atoms with Gasteiger partial charge < -0.3 is 10.6 Å². The van der Waals surface area contributed by atoms with Crippen molar-refractivity contribution in [1.29, 1.82) is 0 Å². The summed E-state index contributed by atoms with van der Waals surface area (Å²) in [5.41, 5.74) is 7.72. The molecule has 5 heteroatoms. The van der Waals surface area contributed by atoms with Crippen molar-refractivity contribution >= 4 is 33.2 Å². The number of carbonyl (C=O) groups is 1. The fourth-order valence-electron chi connectivity index (χ4n) is 4.33. The van der Waals surface area contributed by atoms with Gasteiger partial charge in [0, 0.05) is 17.8 Å². The molecule has 1 amide bonds. The van der Waals surface area contributed by atoms with E-state index in [-0.39, 0.29) is 11.8 Å². The highest BCUT2D eigenvalue weighted by molar-refractivity contribution is 9.10. The Bertz CT molecular complexity index is 1080. The molecule has 1 heterocycles. The molecule has 0 radical (unpaired) electrons. The zero-order valence-corrected chi connectivity index (χ0v) is 19.6. The van der Waals surface area contributed by atoms with Crippen LogP contribution in [0.5, 0.6) is 0 Å². The maximum atomic E-state index is 13.3. The number of nitrogens with one attached hydrogen (secondary N) is 2. The largest absolute Gasteiger partial charge is 0.355 e. The van der Waals surface area contributed by atoms with Crippen LogP contribution in [0.25, 0.3) is 11.1 Å². The van der Waals surface area contributed by atoms with Crippen LogP contribution in [0.1, 0.15) is 55.7 Å². The molecular formula is C26H28BrN3O. The summed E-state index contributed by atoms with van der Waals surface area (Å²) in [7, 11) is 0. The summed E-state index contributed by atoms with van der Waals surface area (Å²) >= 11 is 3.40. The zero-order valence-electron chi connectivity index (χ0n) is 18.0. The summed E-state index contributed by atoms with van der Waals surface area (Å²) in [6.45, 7) is 4.98. The van der Waals surface area contributed by atoms with Crippen LogP contribution in [0.2, 0.25) is 0 Å². The molecule has 1 unspecified atom stereocenters. The number of fused-ring (bicyclic) bond motifs is 3. The molecule has 0 fully saturated rings. The van der Waals surface area contributed by atoms with Crippen molar-refractivity contribution in [2.24, 2.45) is 0 Å². The van der Waals surface area contributed by atoms with Crippen LogP contribution >= 0.6 is 15.9 Å². The number of carbonyl (C=O) groups excluding carboxylic acids is 1. The number of aromatic nitrogens is 1. The first-order valence-corrected chi connectivity index (χ1v) is 11.8. The van der Waals surface area contributed by atoms with Crippen molar-refractivity contribution in [3.05, 3.63) is 76.0 Å². The van der Waals surface area contributed by atoms with Crippen molar-refractivity contribution in [1.82, 2.24) is 10.3 Å². The number of halogens is 1. The van der Waals surface area contributed by atoms with E-state index in [1.165, 1.54) is 5.56 Å². The van der Waals surface area contributed by atoms with Crippen LogP contribution in [0.4, 0.5) is 11.4 Å². The monoisotopic (exact) mass is 477 g/mol. The fraction of sp³-hybridized carbons (Fsp3) is 0.308. The molecule has 4 rings (SSSR count). The quantitative estimate of drug-likeness (QED) is 0.360. The molecule has 0 bridgehead atoms. The molecule has 0 saturated carbocycles. The second kappa shape index (κ2) is 9.65. The molecule has 1 aliphatic carbocycles. The minimum Gasteiger partial charge on any atom is -0.355 e. The Hall–Kier alpha value is -2.66. The number of rotatable bonds is 8. The minimum atomic E-state index is -0.269. The SMILES string of the molecule is CCCCc1ccc(Nc2ccc(Br)nc2)c2c1C(C(=O)NCCC)c1ccccc1-2. The van der Waals surface area contributed by atoms with Gasteiger partial charge in [-0.3, -0.25) is 4.79 Å². The number of anilines is 2. The van der Waals surface area contributed by atoms with E-state index in [2.05, 4.69) is 75.7 Å². The van der Waals surface area contributed by atoms with E-state index in [1.807, 2.05) is 24.4 Å². The standard InChI is InChI=1S/C26H28BrN3O/c1-3-5-8-17-11-13-21(30-18-12-14-22(27)29-16-18)24-19-9-6-7-10-20(19)25(23(17)24)26(31)28-15-4-2/h6-7,9-14,16,25,30H,3-5,8,15H2,1-2H3,(H,28,31). The highest BCUT2D eigenvalue weighted by atomic mass is 79.9. The van der Waals surface area contributed by atoms with E-state index in [1.54, 1.807) is 0 Å². The summed E-state index contributed by atoms with van der Waals surface area (Å²) in [5, 5.41) is 6.68. The number of pyridine rings is 1. The van der Waals surface area contributed by atoms with Crippen LogP contribution in [0, 0.1) is 0 Å². The highest BCUT2D eigenvalue weighted by Gasteiger charge is 2.37. The molecular weight excluding hydrogens is 450 g/mol. The molecule has 1 aromatic heterocycles. The number of unbranched alkanes of at least 4 members (excludes halogenated alkanes) is 1. The number of benzene rings is 2. The molecule has 160 valence electrons. The Morgan fingerprint density at radius 2 is 1.90 bits per heavy atom. The number of hydrogen-bond donors (Lipinski definition) is 2. The summed E-state index contributed by atoms with van der Waals surface area (Å²) in [6, 6.07) is 16.6. The number of hydrogen-bond acceptors (Lipinski definition) is 3. The van der Waals surface area contributed by atoms with Gasteiger partial charge in [0.2, 0.25) is 5.91 Å². The smallest absolute Gasteiger partial charge is 0.232 e. The van der Waals surface area contributed by atoms with Gasteiger partial charge in [-0.15, -0.1) is 0 Å². The molecule has 1 aliphatic rings. The van der Waals surface area contributed by atoms with Crippen LogP contribution in [-0.2, 0) is 11.2 Å². The van der Waals surface area contributed by atoms with E-state index in [0.29, 0.717) is 6.54 Å². The topological polar surface area (TPSA) is 54.0 Å². The maximum absolute atomic E-state index is 13.3. The van der Waals surface area contributed by atoms with Crippen LogP contribution in [0.3, 0.4) is 0 Å². The average Bonchev–Trinajstić information content (AvgIpc) is 3.14. The van der Waals surface area contributed by atoms with Gasteiger partial charge in [-0.25, -0.2) is 4.98 Å². The van der Waals surface area contributed by atoms with E-state index < -0.39 is 0 Å². The van der Waals surface area contributed by atoms with E-state index in [0.717, 1.165) is 63.9 Å². The number of aryl methyl sites for hydroxylation is 1. The average molecular weight is 478 g/mol. The van der Waals surface area contributed by atoms with Crippen LogP contribution in [0.15, 0.2) is 59.3 Å². The van der Waals surface area contributed by atoms with Crippen molar-refractivity contribution in [2.45, 2.75) is 45.4 Å². The molecule has 2 aromatic carbocycles. The summed E-state index contributed by atoms with van der Waals surface area (Å²) < 4.78 is 0.802. The highest BCUT2D eigenvalue weighted by Crippen LogP contribution is 2.50. The lowest BCUT2D eigenvalue weighted by molar-refractivity contribution is -0.121. The number of nitrogens with zero attached hydrogens (tertiary/aromatic N) is 1. The molecule has 0 spiro atoms. The minimum absolute atomic E-state index is 0.0910. The lowest BCUT2D eigenvalue weighted by Gasteiger charge is -2.19. The van der Waals surface area contributed by atoms with E-state index >= 15 is 0 Å². The van der Waals surface area contributed by atoms with Gasteiger partial charge in [0.05, 0.1) is 17.8 Å². The third-order valence-corrected chi connectivity index (χ3v) is 6.25. The molecule has 2 N–H and O–H groups in total. The van der Waals surface area contributed by atoms with Crippen molar-refractivity contribution in [3.63, 3.8) is 0 Å². The van der Waals surface area contributed by atoms with Gasteiger partial charge in [0.15, 0.2) is 0 Å². The normalized spacial score (nSPS) is 14.1. The fourth-order valence-corrected chi connectivity index (χ4v) is 4.57. The van der Waals surface area contributed by atoms with Crippen molar-refractivity contribution in [2.75, 3.05) is 11.9 Å². The van der Waals surface area contributed by atoms with Crippen LogP contribution < -0.4 is 10.6 Å². The second-order valence-electron chi connectivity index (χ2n) is 7.97. The van der Waals surface area contributed by atoms with Gasteiger partial charge in [-0.05, 0) is 75.6 Å². The van der Waals surface area contributed by atoms with Gasteiger partial charge in [-0.1, -0.05) is 50.6 Å². The second-order valence-corrected chi connectivity index (χ2v) is 8.78. The molecule has 4 nitrogen and oxygen atoms in total. The summed E-state index contributed by atoms with van der Waals surface area (Å²) in [5.74, 6) is -0.178. The first-order valence-electron chi connectivity index (χ1n) is 11.0. The summed E-state index contributed by atoms with van der Waals surface area (Å²) in [4.78, 5) is 17.7. The predicted molar refractivity (Wildman–Crippen MR) is 131 cm³/mol. The van der Waals surface area contributed by atoms with Crippen LogP contribution in [-0.4, -0.2) is 17.4 Å². The molecule has 3 aromatic rings. The van der Waals surface area contributed by atoms with Gasteiger partial charge in [0.25, 0.3) is 0 Å². The Kier molecular flexibility index (Phi) is 6.71. The third-order valence-electron chi connectivity index (χ3n) is 5.78. The Morgan fingerprint density at radius 1 is 1.06 bits per heavy atom. The summed E-state index contributed by atoms with van der Waals surface area (Å²) in [6.07, 6.45) is 5.94. The molecule has 0 aliphatic heterocycles. The molecule has 31 heavy (non-hydrogen) atoms. The zero-order chi connectivity index (χ0) is 21.8. The Labute approximate surface area is 192 Å². The lowest BCUT2D eigenvalue weighted by Crippen LogP contribution is -2.30. The van der Waals surface area contributed by atoms with Gasteiger partial charge in [0.1, 0.15) is 4.60 Å². The van der Waals surface area contributed by atoms with E-state index in [9.17, 15) is 4.79 Å². The van der Waals surface area contributed by atoms with Crippen molar-refractivity contribution < 1.29 is 4.79 Å². The van der Waals surface area contributed by atoms with Gasteiger partial charge >= 0.3 is 0 Å². The first kappa shape index (κ1) is 21.6. The van der Waals surface area contributed by atoms with Gasteiger partial charge in [-0.2, -0.15) is 0 Å². The Balaban J connectivity index is 1.85. The number of amides is 1.